The van der Waals surface area contributed by atoms with Crippen molar-refractivity contribution in [2.24, 2.45) is 22.7 Å². The number of esters is 2. The van der Waals surface area contributed by atoms with Crippen LogP contribution < -0.4 is 0 Å². The van der Waals surface area contributed by atoms with Crippen molar-refractivity contribution in [3.63, 3.8) is 0 Å². The van der Waals surface area contributed by atoms with Gasteiger partial charge in [-0.05, 0) is 86.2 Å². The van der Waals surface area contributed by atoms with Crippen molar-refractivity contribution >= 4 is 11.9 Å². The normalized spacial score (nSPS) is 26.9. The van der Waals surface area contributed by atoms with Crippen LogP contribution in [-0.2, 0) is 9.47 Å². The van der Waals surface area contributed by atoms with Crippen LogP contribution in [0.2, 0.25) is 0 Å². The van der Waals surface area contributed by atoms with Crippen LogP contribution in [0.1, 0.15) is 114 Å². The van der Waals surface area contributed by atoms with Gasteiger partial charge in [0.2, 0.25) is 0 Å². The van der Waals surface area contributed by atoms with Gasteiger partial charge in [0.05, 0.1) is 11.1 Å². The van der Waals surface area contributed by atoms with Gasteiger partial charge in [-0.15, -0.1) is 0 Å². The van der Waals surface area contributed by atoms with Gasteiger partial charge >= 0.3 is 11.9 Å². The topological polar surface area (TPSA) is 52.6 Å². The van der Waals surface area contributed by atoms with E-state index < -0.39 is 11.9 Å². The molecule has 2 aliphatic carbocycles. The van der Waals surface area contributed by atoms with E-state index in [0.29, 0.717) is 23.0 Å². The van der Waals surface area contributed by atoms with Gasteiger partial charge < -0.3 is 9.47 Å². The van der Waals surface area contributed by atoms with Crippen molar-refractivity contribution < 1.29 is 19.1 Å². The maximum Gasteiger partial charge on any atom is 0.339 e. The maximum atomic E-state index is 12.9. The zero-order valence-electron chi connectivity index (χ0n) is 20.9. The average Bonchev–Trinajstić information content (AvgIpc) is 2.73. The molecule has 0 spiro atoms. The molecule has 0 heterocycles. The number of hydrogen-bond donors (Lipinski definition) is 0. The molecule has 0 bridgehead atoms. The largest absolute Gasteiger partial charge is 0.459 e. The van der Waals surface area contributed by atoms with Crippen LogP contribution in [0.25, 0.3) is 0 Å². The fourth-order valence-electron chi connectivity index (χ4n) is 5.36. The first-order chi connectivity index (χ1) is 14.9. The summed E-state index contributed by atoms with van der Waals surface area (Å²) in [6.45, 7) is 13.7. The zero-order chi connectivity index (χ0) is 23.5. The Bertz CT molecular complexity index is 715. The molecule has 4 nitrogen and oxygen atoms in total. The standard InChI is InChI=1S/C28H42O4/c1-27(2,3)19-11-15-21(16-12-19)31-25(29)23-9-7-8-10-24(23)26(30)32-22-17-13-20(14-18-22)28(4,5)6/h7-10,19-22H,11-18H2,1-6H3. The van der Waals surface area contributed by atoms with Gasteiger partial charge in [0.25, 0.3) is 0 Å². The lowest BCUT2D eigenvalue weighted by molar-refractivity contribution is 0.00499. The molecule has 2 saturated carbocycles. The molecule has 0 saturated heterocycles. The van der Waals surface area contributed by atoms with Crippen molar-refractivity contribution in [3.05, 3.63) is 35.4 Å². The van der Waals surface area contributed by atoms with Gasteiger partial charge in [-0.3, -0.25) is 0 Å². The number of hydrogen-bond acceptors (Lipinski definition) is 4. The minimum absolute atomic E-state index is 0.0714. The smallest absolute Gasteiger partial charge is 0.339 e. The number of rotatable bonds is 4. The Morgan fingerprint density at radius 1 is 0.625 bits per heavy atom. The summed E-state index contributed by atoms with van der Waals surface area (Å²) in [5, 5.41) is 0. The minimum atomic E-state index is -0.409. The molecule has 1 aromatic carbocycles. The summed E-state index contributed by atoms with van der Waals surface area (Å²) in [6.07, 6.45) is 7.69. The Hall–Kier alpha value is -1.84. The molecule has 0 aromatic heterocycles. The van der Waals surface area contributed by atoms with E-state index in [1.165, 1.54) is 0 Å². The van der Waals surface area contributed by atoms with Crippen LogP contribution in [0.5, 0.6) is 0 Å². The highest BCUT2D eigenvalue weighted by Crippen LogP contribution is 2.40. The summed E-state index contributed by atoms with van der Waals surface area (Å²) >= 11 is 0. The zero-order valence-corrected chi connectivity index (χ0v) is 20.9. The Balaban J connectivity index is 1.57. The summed E-state index contributed by atoms with van der Waals surface area (Å²) in [4.78, 5) is 25.9. The molecule has 1 aromatic rings. The molecule has 178 valence electrons. The molecule has 2 fully saturated rings. The molecular formula is C28H42O4. The number of ether oxygens (including phenoxy) is 2. The Kier molecular flexibility index (Phi) is 7.73. The molecule has 0 unspecified atom stereocenters. The van der Waals surface area contributed by atoms with Crippen molar-refractivity contribution in [3.8, 4) is 0 Å². The summed E-state index contributed by atoms with van der Waals surface area (Å²) < 4.78 is 11.6. The SMILES string of the molecule is CC(C)(C)C1CCC(OC(=O)c2ccccc2C(=O)OC2CCC(C(C)(C)C)CC2)CC1. The lowest BCUT2D eigenvalue weighted by Crippen LogP contribution is -2.31. The van der Waals surface area contributed by atoms with Crippen LogP contribution >= 0.6 is 0 Å². The predicted molar refractivity (Wildman–Crippen MR) is 128 cm³/mol. The third-order valence-corrected chi connectivity index (χ3v) is 7.71. The molecule has 0 atom stereocenters. The van der Waals surface area contributed by atoms with Gasteiger partial charge in [-0.2, -0.15) is 0 Å². The quantitative estimate of drug-likeness (QED) is 0.462. The first kappa shape index (κ1) is 24.8. The van der Waals surface area contributed by atoms with Gasteiger partial charge in [-0.1, -0.05) is 53.7 Å². The first-order valence-corrected chi connectivity index (χ1v) is 12.5. The van der Waals surface area contributed by atoms with Crippen molar-refractivity contribution in [2.45, 2.75) is 105 Å². The summed E-state index contributed by atoms with van der Waals surface area (Å²) in [7, 11) is 0. The second kappa shape index (κ2) is 9.97. The van der Waals surface area contributed by atoms with E-state index in [1.807, 2.05) is 0 Å². The number of benzene rings is 1. The van der Waals surface area contributed by atoms with E-state index in [1.54, 1.807) is 24.3 Å². The summed E-state index contributed by atoms with van der Waals surface area (Å²) in [5.41, 5.74) is 1.21. The summed E-state index contributed by atoms with van der Waals surface area (Å²) in [5.74, 6) is 0.502. The lowest BCUT2D eigenvalue weighted by Gasteiger charge is -2.36. The van der Waals surface area contributed by atoms with Crippen molar-refractivity contribution in [2.75, 3.05) is 0 Å². The van der Waals surface area contributed by atoms with Gasteiger partial charge in [0, 0.05) is 0 Å². The fraction of sp³-hybridized carbons (Fsp3) is 0.714. The average molecular weight is 443 g/mol. The van der Waals surface area contributed by atoms with Crippen LogP contribution in [0.3, 0.4) is 0 Å². The van der Waals surface area contributed by atoms with Gasteiger partial charge in [0.1, 0.15) is 12.2 Å². The highest BCUT2D eigenvalue weighted by atomic mass is 16.5. The van der Waals surface area contributed by atoms with E-state index >= 15 is 0 Å². The predicted octanol–water partition coefficient (Wildman–Crippen LogP) is 7.21. The number of carbonyl (C=O) groups is 2. The molecule has 32 heavy (non-hydrogen) atoms. The van der Waals surface area contributed by atoms with E-state index in [0.717, 1.165) is 51.4 Å². The monoisotopic (exact) mass is 442 g/mol. The Morgan fingerprint density at radius 3 is 1.22 bits per heavy atom. The third kappa shape index (κ3) is 6.36. The lowest BCUT2D eigenvalue weighted by atomic mass is 9.72. The third-order valence-electron chi connectivity index (χ3n) is 7.71. The molecule has 4 heteroatoms. The highest BCUT2D eigenvalue weighted by Gasteiger charge is 2.33. The maximum absolute atomic E-state index is 12.9. The van der Waals surface area contributed by atoms with Crippen LogP contribution in [0, 0.1) is 22.7 Å². The second-order valence-electron chi connectivity index (χ2n) is 12.0. The van der Waals surface area contributed by atoms with E-state index in [4.69, 9.17) is 9.47 Å². The van der Waals surface area contributed by atoms with E-state index in [9.17, 15) is 9.59 Å². The van der Waals surface area contributed by atoms with Gasteiger partial charge in [-0.25, -0.2) is 9.59 Å². The molecule has 0 N–H and O–H groups in total. The van der Waals surface area contributed by atoms with Crippen molar-refractivity contribution in [1.29, 1.82) is 0 Å². The minimum Gasteiger partial charge on any atom is -0.459 e. The molecule has 0 radical (unpaired) electrons. The first-order valence-electron chi connectivity index (χ1n) is 12.5. The van der Waals surface area contributed by atoms with Crippen LogP contribution in [0.4, 0.5) is 0 Å². The van der Waals surface area contributed by atoms with Gasteiger partial charge in [0.15, 0.2) is 0 Å². The molecule has 0 amide bonds. The van der Waals surface area contributed by atoms with Crippen LogP contribution in [0.15, 0.2) is 24.3 Å². The molecule has 2 aliphatic rings. The molecule has 0 aliphatic heterocycles. The van der Waals surface area contributed by atoms with Crippen LogP contribution in [-0.4, -0.2) is 24.1 Å². The van der Waals surface area contributed by atoms with Crippen molar-refractivity contribution in [1.82, 2.24) is 0 Å². The van der Waals surface area contributed by atoms with E-state index in [-0.39, 0.29) is 23.0 Å². The Labute approximate surface area is 194 Å². The second-order valence-corrected chi connectivity index (χ2v) is 12.0. The highest BCUT2D eigenvalue weighted by molar-refractivity contribution is 6.03. The molecular weight excluding hydrogens is 400 g/mol. The summed E-state index contributed by atoms with van der Waals surface area (Å²) in [6, 6.07) is 6.91. The Morgan fingerprint density at radius 2 is 0.938 bits per heavy atom. The van der Waals surface area contributed by atoms with E-state index in [2.05, 4.69) is 41.5 Å². The number of carbonyl (C=O) groups excluding carboxylic acids is 2. The molecule has 3 rings (SSSR count). The fourth-order valence-corrected chi connectivity index (χ4v) is 5.36.